The number of fused-ring (bicyclic) bond motifs is 1. The third-order valence-corrected chi connectivity index (χ3v) is 5.27. The highest BCUT2D eigenvalue weighted by Gasteiger charge is 2.26. The van der Waals surface area contributed by atoms with Crippen molar-refractivity contribution in [2.75, 3.05) is 31.1 Å². The minimum absolute atomic E-state index is 0.0122. The van der Waals surface area contributed by atoms with E-state index in [0.717, 1.165) is 10.8 Å². The van der Waals surface area contributed by atoms with Crippen LogP contribution in [0.15, 0.2) is 60.7 Å². The molecule has 3 aromatic rings. The van der Waals surface area contributed by atoms with E-state index in [-0.39, 0.29) is 11.6 Å². The largest absolute Gasteiger partial charge is 0.362 e. The second kappa shape index (κ2) is 7.48. The van der Waals surface area contributed by atoms with Gasteiger partial charge in [0.15, 0.2) is 0 Å². The van der Waals surface area contributed by atoms with E-state index in [0.29, 0.717) is 42.5 Å². The lowest BCUT2D eigenvalue weighted by molar-refractivity contribution is -0.384. The van der Waals surface area contributed by atoms with E-state index < -0.39 is 4.92 Å². The fourth-order valence-corrected chi connectivity index (χ4v) is 3.73. The predicted octanol–water partition coefficient (Wildman–Crippen LogP) is 4.36. The van der Waals surface area contributed by atoms with Gasteiger partial charge in [-0.3, -0.25) is 14.9 Å². The van der Waals surface area contributed by atoms with Gasteiger partial charge in [0, 0.05) is 42.8 Å². The molecule has 0 saturated carbocycles. The van der Waals surface area contributed by atoms with Crippen LogP contribution in [0.5, 0.6) is 0 Å². The molecule has 1 saturated heterocycles. The number of hydrogen-bond acceptors (Lipinski definition) is 4. The summed E-state index contributed by atoms with van der Waals surface area (Å²) >= 11 is 5.90. The van der Waals surface area contributed by atoms with Crippen molar-refractivity contribution in [1.29, 1.82) is 0 Å². The number of carbonyl (C=O) groups is 1. The average molecular weight is 396 g/mol. The lowest BCUT2D eigenvalue weighted by Crippen LogP contribution is -2.49. The fraction of sp³-hybridized carbons (Fsp3) is 0.190. The standard InChI is InChI=1S/C21H18ClN3O3/c22-18-7-8-19(20(14-18)25(27)28)23-9-11-24(12-10-23)21(26)17-6-5-15-3-1-2-4-16(15)13-17/h1-8,13-14H,9-12H2. The number of nitro groups is 1. The number of piperazine rings is 1. The molecule has 4 rings (SSSR count). The normalized spacial score (nSPS) is 14.3. The number of benzene rings is 3. The predicted molar refractivity (Wildman–Crippen MR) is 110 cm³/mol. The highest BCUT2D eigenvalue weighted by molar-refractivity contribution is 6.30. The van der Waals surface area contributed by atoms with Crippen LogP contribution in [0.2, 0.25) is 5.02 Å². The van der Waals surface area contributed by atoms with Crippen molar-refractivity contribution in [3.05, 3.63) is 81.4 Å². The van der Waals surface area contributed by atoms with Gasteiger partial charge >= 0.3 is 0 Å². The Hall–Kier alpha value is -3.12. The van der Waals surface area contributed by atoms with Gasteiger partial charge in [0.2, 0.25) is 0 Å². The van der Waals surface area contributed by atoms with Crippen LogP contribution >= 0.6 is 11.6 Å². The highest BCUT2D eigenvalue weighted by Crippen LogP contribution is 2.31. The molecule has 28 heavy (non-hydrogen) atoms. The summed E-state index contributed by atoms with van der Waals surface area (Å²) in [4.78, 5) is 27.5. The Morgan fingerprint density at radius 3 is 2.36 bits per heavy atom. The summed E-state index contributed by atoms with van der Waals surface area (Å²) in [5.41, 5.74) is 1.18. The average Bonchev–Trinajstić information content (AvgIpc) is 2.73. The van der Waals surface area contributed by atoms with Gasteiger partial charge in [0.05, 0.1) is 4.92 Å². The molecule has 0 spiro atoms. The van der Waals surface area contributed by atoms with Gasteiger partial charge in [-0.1, -0.05) is 41.9 Å². The summed E-state index contributed by atoms with van der Waals surface area (Å²) in [6, 6.07) is 18.3. The molecule has 1 amide bonds. The molecule has 3 aromatic carbocycles. The van der Waals surface area contributed by atoms with Gasteiger partial charge in [0.1, 0.15) is 5.69 Å². The second-order valence-corrected chi connectivity index (χ2v) is 7.17. The Morgan fingerprint density at radius 1 is 0.929 bits per heavy atom. The minimum Gasteiger partial charge on any atom is -0.362 e. The Labute approximate surface area is 167 Å². The molecule has 0 unspecified atom stereocenters. The quantitative estimate of drug-likeness (QED) is 0.488. The molecular formula is C21H18ClN3O3. The molecular weight excluding hydrogens is 378 g/mol. The van der Waals surface area contributed by atoms with Crippen molar-refractivity contribution in [2.45, 2.75) is 0 Å². The van der Waals surface area contributed by atoms with Crippen LogP contribution in [0.25, 0.3) is 10.8 Å². The van der Waals surface area contributed by atoms with E-state index in [1.807, 2.05) is 47.4 Å². The summed E-state index contributed by atoms with van der Waals surface area (Å²) in [7, 11) is 0. The Balaban J connectivity index is 1.49. The topological polar surface area (TPSA) is 66.7 Å². The molecule has 0 N–H and O–H groups in total. The molecule has 0 aliphatic carbocycles. The number of halogens is 1. The van der Waals surface area contributed by atoms with Crippen LogP contribution in [0.4, 0.5) is 11.4 Å². The molecule has 142 valence electrons. The van der Waals surface area contributed by atoms with E-state index in [9.17, 15) is 14.9 Å². The fourth-order valence-electron chi connectivity index (χ4n) is 3.57. The zero-order chi connectivity index (χ0) is 19.7. The second-order valence-electron chi connectivity index (χ2n) is 6.73. The molecule has 0 bridgehead atoms. The first kappa shape index (κ1) is 18.3. The van der Waals surface area contributed by atoms with Crippen LogP contribution in [0.3, 0.4) is 0 Å². The molecule has 0 aromatic heterocycles. The van der Waals surface area contributed by atoms with Crippen molar-refractivity contribution < 1.29 is 9.72 Å². The number of anilines is 1. The van der Waals surface area contributed by atoms with Crippen molar-refractivity contribution in [3.63, 3.8) is 0 Å². The van der Waals surface area contributed by atoms with Gasteiger partial charge in [-0.2, -0.15) is 0 Å². The zero-order valence-corrected chi connectivity index (χ0v) is 15.8. The molecule has 7 heteroatoms. The smallest absolute Gasteiger partial charge is 0.294 e. The van der Waals surface area contributed by atoms with Crippen LogP contribution in [0.1, 0.15) is 10.4 Å². The first-order chi connectivity index (χ1) is 13.5. The first-order valence-corrected chi connectivity index (χ1v) is 9.38. The summed E-state index contributed by atoms with van der Waals surface area (Å²) in [5, 5.41) is 13.8. The Kier molecular flexibility index (Phi) is 4.88. The number of nitrogens with zero attached hydrogens (tertiary/aromatic N) is 3. The maximum atomic E-state index is 12.9. The van der Waals surface area contributed by atoms with Gasteiger partial charge in [-0.05, 0) is 35.0 Å². The van der Waals surface area contributed by atoms with Crippen molar-refractivity contribution in [2.24, 2.45) is 0 Å². The lowest BCUT2D eigenvalue weighted by atomic mass is 10.1. The van der Waals surface area contributed by atoms with Gasteiger partial charge in [0.25, 0.3) is 11.6 Å². The molecule has 1 aliphatic rings. The Bertz CT molecular complexity index is 1060. The summed E-state index contributed by atoms with van der Waals surface area (Å²) in [6.45, 7) is 2.07. The van der Waals surface area contributed by atoms with Crippen molar-refractivity contribution in [1.82, 2.24) is 4.90 Å². The maximum absolute atomic E-state index is 12.9. The highest BCUT2D eigenvalue weighted by atomic mass is 35.5. The number of amides is 1. The number of nitro benzene ring substituents is 1. The number of rotatable bonds is 3. The summed E-state index contributed by atoms with van der Waals surface area (Å²) in [6.07, 6.45) is 0. The molecule has 1 heterocycles. The Morgan fingerprint density at radius 2 is 1.64 bits per heavy atom. The molecule has 0 radical (unpaired) electrons. The third kappa shape index (κ3) is 3.51. The van der Waals surface area contributed by atoms with Crippen molar-refractivity contribution >= 4 is 39.7 Å². The first-order valence-electron chi connectivity index (χ1n) is 9.00. The number of carbonyl (C=O) groups excluding carboxylic acids is 1. The van der Waals surface area contributed by atoms with Gasteiger partial charge < -0.3 is 9.80 Å². The molecule has 0 atom stereocenters. The summed E-state index contributed by atoms with van der Waals surface area (Å²) in [5.74, 6) is -0.0176. The van der Waals surface area contributed by atoms with E-state index >= 15 is 0 Å². The maximum Gasteiger partial charge on any atom is 0.294 e. The molecule has 6 nitrogen and oxygen atoms in total. The van der Waals surface area contributed by atoms with Crippen LogP contribution in [0, 0.1) is 10.1 Å². The van der Waals surface area contributed by atoms with E-state index in [1.54, 1.807) is 17.0 Å². The number of hydrogen-bond donors (Lipinski definition) is 0. The van der Waals surface area contributed by atoms with E-state index in [1.165, 1.54) is 6.07 Å². The van der Waals surface area contributed by atoms with Crippen LogP contribution < -0.4 is 4.90 Å². The third-order valence-electron chi connectivity index (χ3n) is 5.04. The van der Waals surface area contributed by atoms with Crippen LogP contribution in [-0.4, -0.2) is 41.9 Å². The summed E-state index contributed by atoms with van der Waals surface area (Å²) < 4.78 is 0. The molecule has 1 aliphatic heterocycles. The van der Waals surface area contributed by atoms with Crippen LogP contribution in [-0.2, 0) is 0 Å². The monoisotopic (exact) mass is 395 g/mol. The van der Waals surface area contributed by atoms with E-state index in [4.69, 9.17) is 11.6 Å². The lowest BCUT2D eigenvalue weighted by Gasteiger charge is -2.35. The van der Waals surface area contributed by atoms with Gasteiger partial charge in [-0.25, -0.2) is 0 Å². The van der Waals surface area contributed by atoms with Gasteiger partial charge in [-0.15, -0.1) is 0 Å². The molecule has 1 fully saturated rings. The zero-order valence-electron chi connectivity index (χ0n) is 15.0. The minimum atomic E-state index is -0.423. The van der Waals surface area contributed by atoms with E-state index in [2.05, 4.69) is 0 Å². The SMILES string of the molecule is O=C(c1ccc2ccccc2c1)N1CCN(c2ccc(Cl)cc2[N+](=O)[O-])CC1. The van der Waals surface area contributed by atoms with Crippen molar-refractivity contribution in [3.8, 4) is 0 Å².